The van der Waals surface area contributed by atoms with Gasteiger partial charge in [0.15, 0.2) is 0 Å². The Morgan fingerprint density at radius 3 is 3.00 bits per heavy atom. The van der Waals surface area contributed by atoms with E-state index in [1.807, 2.05) is 6.20 Å². The zero-order valence-corrected chi connectivity index (χ0v) is 10.1. The Labute approximate surface area is 101 Å². The third kappa shape index (κ3) is 2.40. The number of fused-ring (bicyclic) bond motifs is 1. The van der Waals surface area contributed by atoms with E-state index in [1.54, 1.807) is 0 Å². The number of hydrogen-bond acceptors (Lipinski definition) is 5. The lowest BCUT2D eigenvalue weighted by molar-refractivity contribution is 0.0216. The first-order valence-electron chi connectivity index (χ1n) is 6.09. The topological polar surface area (TPSA) is 47.5 Å². The van der Waals surface area contributed by atoms with Gasteiger partial charge in [0, 0.05) is 37.7 Å². The molecule has 5 heteroatoms. The number of aromatic nitrogens is 2. The summed E-state index contributed by atoms with van der Waals surface area (Å²) >= 11 is 0. The summed E-state index contributed by atoms with van der Waals surface area (Å²) in [6, 6.07) is 0.519. The van der Waals surface area contributed by atoms with Crippen molar-refractivity contribution in [3.63, 3.8) is 0 Å². The van der Waals surface area contributed by atoms with Gasteiger partial charge in [0.05, 0.1) is 18.9 Å². The summed E-state index contributed by atoms with van der Waals surface area (Å²) < 4.78 is 11.1. The predicted molar refractivity (Wildman–Crippen MR) is 61.7 cm³/mol. The highest BCUT2D eigenvalue weighted by Crippen LogP contribution is 2.21. The lowest BCUT2D eigenvalue weighted by Crippen LogP contribution is -2.26. The molecule has 3 rings (SSSR count). The molecule has 0 atom stereocenters. The number of ether oxygens (including phenoxy) is 2. The summed E-state index contributed by atoms with van der Waals surface area (Å²) in [5.41, 5.74) is 2.32. The summed E-state index contributed by atoms with van der Waals surface area (Å²) in [6.07, 6.45) is 3.96. The predicted octanol–water partition coefficient (Wildman–Crippen LogP) is 0.980. The first-order chi connectivity index (χ1) is 8.31. The molecule has 17 heavy (non-hydrogen) atoms. The zero-order valence-electron chi connectivity index (χ0n) is 10.1. The molecule has 1 saturated heterocycles. The molecule has 1 aromatic rings. The molecule has 1 aromatic heterocycles. The summed E-state index contributed by atoms with van der Waals surface area (Å²) in [7, 11) is 2.08. The van der Waals surface area contributed by atoms with Crippen molar-refractivity contribution in [1.82, 2.24) is 14.9 Å². The van der Waals surface area contributed by atoms with Crippen LogP contribution in [-0.4, -0.2) is 41.2 Å². The van der Waals surface area contributed by atoms with Crippen molar-refractivity contribution in [3.8, 4) is 6.01 Å². The normalized spacial score (nSPS) is 21.5. The molecule has 0 saturated carbocycles. The van der Waals surface area contributed by atoms with Gasteiger partial charge in [-0.15, -0.1) is 0 Å². The molecule has 3 heterocycles. The van der Waals surface area contributed by atoms with Crippen molar-refractivity contribution in [2.45, 2.75) is 32.0 Å². The van der Waals surface area contributed by atoms with Crippen LogP contribution in [0.2, 0.25) is 0 Å². The van der Waals surface area contributed by atoms with Crippen LogP contribution < -0.4 is 4.74 Å². The van der Waals surface area contributed by atoms with E-state index < -0.39 is 0 Å². The Morgan fingerprint density at radius 2 is 2.18 bits per heavy atom. The van der Waals surface area contributed by atoms with Gasteiger partial charge in [0.1, 0.15) is 6.10 Å². The number of nitrogens with zero attached hydrogens (tertiary/aromatic N) is 3. The Kier molecular flexibility index (Phi) is 2.94. The van der Waals surface area contributed by atoms with Crippen LogP contribution in [0.5, 0.6) is 6.01 Å². The van der Waals surface area contributed by atoms with Gasteiger partial charge in [0.25, 0.3) is 0 Å². The largest absolute Gasteiger partial charge is 0.460 e. The summed E-state index contributed by atoms with van der Waals surface area (Å²) in [5, 5.41) is 0. The maximum absolute atomic E-state index is 5.80. The van der Waals surface area contributed by atoms with E-state index in [4.69, 9.17) is 9.47 Å². The molecular formula is C12H17N3O2. The van der Waals surface area contributed by atoms with Gasteiger partial charge in [-0.25, -0.2) is 4.98 Å². The highest BCUT2D eigenvalue weighted by Gasteiger charge is 2.20. The van der Waals surface area contributed by atoms with Crippen molar-refractivity contribution in [1.29, 1.82) is 0 Å². The summed E-state index contributed by atoms with van der Waals surface area (Å²) in [6.45, 7) is 3.38. The monoisotopic (exact) mass is 235 g/mol. The Bertz CT molecular complexity index is 405. The molecule has 2 aliphatic heterocycles. The average molecular weight is 235 g/mol. The number of rotatable bonds is 2. The minimum absolute atomic E-state index is 0.209. The molecule has 0 aromatic carbocycles. The van der Waals surface area contributed by atoms with Gasteiger partial charge in [-0.2, -0.15) is 4.98 Å². The van der Waals surface area contributed by atoms with Crippen LogP contribution >= 0.6 is 0 Å². The van der Waals surface area contributed by atoms with E-state index in [0.29, 0.717) is 6.01 Å². The van der Waals surface area contributed by atoms with E-state index >= 15 is 0 Å². The molecule has 0 spiro atoms. The maximum atomic E-state index is 5.80. The second-order valence-corrected chi connectivity index (χ2v) is 4.73. The Hall–Kier alpha value is -1.20. The molecule has 0 N–H and O–H groups in total. The van der Waals surface area contributed by atoms with Gasteiger partial charge in [-0.3, -0.25) is 4.90 Å². The fraction of sp³-hybridized carbons (Fsp3) is 0.667. The van der Waals surface area contributed by atoms with Crippen LogP contribution in [-0.2, 0) is 17.8 Å². The van der Waals surface area contributed by atoms with Crippen LogP contribution in [0.15, 0.2) is 6.20 Å². The second kappa shape index (κ2) is 4.58. The fourth-order valence-corrected chi connectivity index (χ4v) is 2.29. The highest BCUT2D eigenvalue weighted by atomic mass is 16.5. The molecule has 0 unspecified atom stereocenters. The van der Waals surface area contributed by atoms with Gasteiger partial charge >= 0.3 is 6.01 Å². The van der Waals surface area contributed by atoms with Crippen molar-refractivity contribution < 1.29 is 9.47 Å². The minimum Gasteiger partial charge on any atom is -0.460 e. The van der Waals surface area contributed by atoms with E-state index in [-0.39, 0.29) is 6.10 Å². The highest BCUT2D eigenvalue weighted by molar-refractivity contribution is 5.22. The Balaban J connectivity index is 1.69. The maximum Gasteiger partial charge on any atom is 0.316 e. The standard InChI is InChI=1S/C12H17N3O2/c1-15-7-9-6-13-12(14-11(9)8-15)17-10-2-4-16-5-3-10/h6,10H,2-5,7-8H2,1H3. The minimum atomic E-state index is 0.209. The van der Waals surface area contributed by atoms with Crippen LogP contribution in [0.3, 0.4) is 0 Å². The zero-order chi connectivity index (χ0) is 11.7. The molecule has 0 bridgehead atoms. The van der Waals surface area contributed by atoms with Crippen molar-refractivity contribution >= 4 is 0 Å². The van der Waals surface area contributed by atoms with E-state index in [9.17, 15) is 0 Å². The Morgan fingerprint density at radius 1 is 1.35 bits per heavy atom. The lowest BCUT2D eigenvalue weighted by atomic mass is 10.2. The quantitative estimate of drug-likeness (QED) is 0.764. The van der Waals surface area contributed by atoms with E-state index in [0.717, 1.165) is 44.8 Å². The molecule has 1 fully saturated rings. The molecule has 0 radical (unpaired) electrons. The molecule has 5 nitrogen and oxygen atoms in total. The fourth-order valence-electron chi connectivity index (χ4n) is 2.29. The van der Waals surface area contributed by atoms with Gasteiger partial charge in [-0.05, 0) is 7.05 Å². The molecular weight excluding hydrogens is 218 g/mol. The van der Waals surface area contributed by atoms with Crippen molar-refractivity contribution in [2.24, 2.45) is 0 Å². The molecule has 0 amide bonds. The first kappa shape index (κ1) is 10.9. The van der Waals surface area contributed by atoms with Crippen LogP contribution in [0.4, 0.5) is 0 Å². The third-order valence-corrected chi connectivity index (χ3v) is 3.23. The van der Waals surface area contributed by atoms with Crippen molar-refractivity contribution in [3.05, 3.63) is 17.5 Å². The molecule has 0 aliphatic carbocycles. The smallest absolute Gasteiger partial charge is 0.316 e. The second-order valence-electron chi connectivity index (χ2n) is 4.73. The average Bonchev–Trinajstić information content (AvgIpc) is 2.70. The third-order valence-electron chi connectivity index (χ3n) is 3.23. The first-order valence-corrected chi connectivity index (χ1v) is 6.09. The lowest BCUT2D eigenvalue weighted by Gasteiger charge is -2.22. The van der Waals surface area contributed by atoms with Crippen LogP contribution in [0, 0.1) is 0 Å². The van der Waals surface area contributed by atoms with Crippen molar-refractivity contribution in [2.75, 3.05) is 20.3 Å². The van der Waals surface area contributed by atoms with E-state index in [2.05, 4.69) is 21.9 Å². The SMILES string of the molecule is CN1Cc2cnc(OC3CCOCC3)nc2C1. The van der Waals surface area contributed by atoms with Crippen LogP contribution in [0.25, 0.3) is 0 Å². The van der Waals surface area contributed by atoms with Gasteiger partial charge in [0.2, 0.25) is 0 Å². The summed E-state index contributed by atoms with van der Waals surface area (Å²) in [4.78, 5) is 11.0. The van der Waals surface area contributed by atoms with Crippen LogP contribution in [0.1, 0.15) is 24.1 Å². The molecule has 2 aliphatic rings. The van der Waals surface area contributed by atoms with E-state index in [1.165, 1.54) is 5.56 Å². The number of hydrogen-bond donors (Lipinski definition) is 0. The summed E-state index contributed by atoms with van der Waals surface area (Å²) in [5.74, 6) is 0. The molecule has 92 valence electrons. The van der Waals surface area contributed by atoms with Gasteiger partial charge < -0.3 is 9.47 Å². The van der Waals surface area contributed by atoms with Gasteiger partial charge in [-0.1, -0.05) is 0 Å².